The molecule has 4 heteroatoms. The van der Waals surface area contributed by atoms with Crippen molar-refractivity contribution in [3.8, 4) is 5.75 Å². The molecule has 0 aromatic heterocycles. The van der Waals surface area contributed by atoms with Gasteiger partial charge in [-0.3, -0.25) is 9.69 Å². The summed E-state index contributed by atoms with van der Waals surface area (Å²) in [6.45, 7) is 6.86. The maximum Gasteiger partial charge on any atom is 0.241 e. The van der Waals surface area contributed by atoms with E-state index < -0.39 is 0 Å². The largest absolute Gasteiger partial charge is 0.496 e. The number of anilines is 1. The monoisotopic (exact) mass is 340 g/mol. The molecule has 1 N–H and O–H groups in total. The molecule has 1 atom stereocenters. The predicted molar refractivity (Wildman–Crippen MR) is 103 cm³/mol. The fraction of sp³-hybridized carbons (Fsp3) is 0.381. The first-order valence-electron chi connectivity index (χ1n) is 8.65. The summed E-state index contributed by atoms with van der Waals surface area (Å²) in [6, 6.07) is 15.7. The van der Waals surface area contributed by atoms with Crippen molar-refractivity contribution >= 4 is 11.6 Å². The Kier molecular flexibility index (Phi) is 6.59. The molecule has 2 aromatic rings. The Morgan fingerprint density at radius 1 is 1.08 bits per heavy atom. The van der Waals surface area contributed by atoms with E-state index in [0.717, 1.165) is 17.0 Å². The van der Waals surface area contributed by atoms with Crippen LogP contribution in [-0.4, -0.2) is 31.0 Å². The standard InChI is InChI=1S/C21H28N2O2/c1-15(2)17-10-12-19(13-11-17)22-21(24)16(3)23(4)14-18-8-6-7-9-20(18)25-5/h6-13,15-16H,14H2,1-5H3,(H,22,24)/t16-/m0/s1. The topological polar surface area (TPSA) is 41.6 Å². The molecule has 0 unspecified atom stereocenters. The first-order chi connectivity index (χ1) is 11.9. The smallest absolute Gasteiger partial charge is 0.241 e. The zero-order valence-corrected chi connectivity index (χ0v) is 15.7. The van der Waals surface area contributed by atoms with E-state index in [1.54, 1.807) is 7.11 Å². The van der Waals surface area contributed by atoms with Gasteiger partial charge in [-0.2, -0.15) is 0 Å². The number of ether oxygens (including phenoxy) is 1. The zero-order chi connectivity index (χ0) is 18.4. The molecular formula is C21H28N2O2. The van der Waals surface area contributed by atoms with E-state index in [4.69, 9.17) is 4.74 Å². The van der Waals surface area contributed by atoms with E-state index in [9.17, 15) is 4.79 Å². The number of methoxy groups -OCH3 is 1. The van der Waals surface area contributed by atoms with Crippen LogP contribution < -0.4 is 10.1 Å². The summed E-state index contributed by atoms with van der Waals surface area (Å²) in [5.41, 5.74) is 3.15. The molecule has 0 aliphatic heterocycles. The van der Waals surface area contributed by atoms with Gasteiger partial charge in [0.15, 0.2) is 0 Å². The molecular weight excluding hydrogens is 312 g/mol. The minimum atomic E-state index is -0.255. The lowest BCUT2D eigenvalue weighted by molar-refractivity contribution is -0.120. The van der Waals surface area contributed by atoms with Crippen molar-refractivity contribution in [1.82, 2.24) is 4.90 Å². The Balaban J connectivity index is 1.98. The van der Waals surface area contributed by atoms with Crippen LogP contribution in [0, 0.1) is 0 Å². The van der Waals surface area contributed by atoms with Gasteiger partial charge in [-0.15, -0.1) is 0 Å². The molecule has 4 nitrogen and oxygen atoms in total. The Labute approximate surface area is 150 Å². The summed E-state index contributed by atoms with van der Waals surface area (Å²) in [7, 11) is 3.61. The molecule has 0 radical (unpaired) electrons. The molecule has 0 saturated carbocycles. The van der Waals surface area contributed by atoms with Gasteiger partial charge in [0.05, 0.1) is 13.2 Å². The van der Waals surface area contributed by atoms with E-state index in [1.807, 2.05) is 55.3 Å². The normalized spacial score (nSPS) is 12.3. The number of carbonyl (C=O) groups is 1. The fourth-order valence-electron chi connectivity index (χ4n) is 2.64. The third kappa shape index (κ3) is 5.07. The molecule has 1 amide bonds. The number of nitrogens with zero attached hydrogens (tertiary/aromatic N) is 1. The zero-order valence-electron chi connectivity index (χ0n) is 15.7. The maximum absolute atomic E-state index is 12.5. The number of hydrogen-bond donors (Lipinski definition) is 1. The molecule has 0 bridgehead atoms. The number of nitrogens with one attached hydrogen (secondary N) is 1. The third-order valence-corrected chi connectivity index (χ3v) is 4.50. The number of rotatable bonds is 7. The van der Waals surface area contributed by atoms with Crippen molar-refractivity contribution in [2.45, 2.75) is 39.3 Å². The van der Waals surface area contributed by atoms with Crippen molar-refractivity contribution < 1.29 is 9.53 Å². The van der Waals surface area contributed by atoms with Gasteiger partial charge in [0, 0.05) is 17.8 Å². The summed E-state index contributed by atoms with van der Waals surface area (Å²) in [4.78, 5) is 14.5. The predicted octanol–water partition coefficient (Wildman–Crippen LogP) is 4.28. The highest BCUT2D eigenvalue weighted by Gasteiger charge is 2.19. The van der Waals surface area contributed by atoms with Crippen molar-refractivity contribution in [3.63, 3.8) is 0 Å². The Morgan fingerprint density at radius 2 is 1.72 bits per heavy atom. The van der Waals surface area contributed by atoms with Gasteiger partial charge in [0.1, 0.15) is 5.75 Å². The van der Waals surface area contributed by atoms with Crippen molar-refractivity contribution in [2.75, 3.05) is 19.5 Å². The number of para-hydroxylation sites is 1. The second kappa shape index (κ2) is 8.67. The minimum Gasteiger partial charge on any atom is -0.496 e. The van der Waals surface area contributed by atoms with Gasteiger partial charge in [-0.25, -0.2) is 0 Å². The molecule has 0 aliphatic carbocycles. The average Bonchev–Trinajstić information content (AvgIpc) is 2.61. The van der Waals surface area contributed by atoms with Crippen LogP contribution in [0.5, 0.6) is 5.75 Å². The lowest BCUT2D eigenvalue weighted by Gasteiger charge is -2.24. The van der Waals surface area contributed by atoms with Gasteiger partial charge in [-0.1, -0.05) is 44.2 Å². The molecule has 2 aromatic carbocycles. The molecule has 0 aliphatic rings. The number of likely N-dealkylation sites (N-methyl/N-ethyl adjacent to an activating group) is 1. The Bertz CT molecular complexity index is 695. The molecule has 134 valence electrons. The summed E-state index contributed by atoms with van der Waals surface area (Å²) in [6.07, 6.45) is 0. The fourth-order valence-corrected chi connectivity index (χ4v) is 2.64. The third-order valence-electron chi connectivity index (χ3n) is 4.50. The summed E-state index contributed by atoms with van der Waals surface area (Å²) in [5, 5.41) is 2.99. The van der Waals surface area contributed by atoms with Crippen LogP contribution in [0.1, 0.15) is 37.8 Å². The van der Waals surface area contributed by atoms with Gasteiger partial charge in [0.2, 0.25) is 5.91 Å². The van der Waals surface area contributed by atoms with E-state index in [-0.39, 0.29) is 11.9 Å². The lowest BCUT2D eigenvalue weighted by Crippen LogP contribution is -2.39. The second-order valence-electron chi connectivity index (χ2n) is 6.67. The SMILES string of the molecule is COc1ccccc1CN(C)[C@@H](C)C(=O)Nc1ccc(C(C)C)cc1. The van der Waals surface area contributed by atoms with Crippen LogP contribution in [0.2, 0.25) is 0 Å². The van der Waals surface area contributed by atoms with E-state index >= 15 is 0 Å². The van der Waals surface area contributed by atoms with E-state index in [0.29, 0.717) is 12.5 Å². The van der Waals surface area contributed by atoms with Gasteiger partial charge < -0.3 is 10.1 Å². The van der Waals surface area contributed by atoms with Gasteiger partial charge in [0.25, 0.3) is 0 Å². The average molecular weight is 340 g/mol. The van der Waals surface area contributed by atoms with Gasteiger partial charge >= 0.3 is 0 Å². The van der Waals surface area contributed by atoms with Crippen LogP contribution in [0.15, 0.2) is 48.5 Å². The number of hydrogen-bond acceptors (Lipinski definition) is 3. The Morgan fingerprint density at radius 3 is 2.32 bits per heavy atom. The van der Waals surface area contributed by atoms with Gasteiger partial charge in [-0.05, 0) is 43.7 Å². The number of amides is 1. The van der Waals surface area contributed by atoms with Crippen molar-refractivity contribution in [2.24, 2.45) is 0 Å². The Hall–Kier alpha value is -2.33. The molecule has 0 saturated heterocycles. The second-order valence-corrected chi connectivity index (χ2v) is 6.67. The number of benzene rings is 2. The molecule has 2 rings (SSSR count). The van der Waals surface area contributed by atoms with E-state index in [2.05, 4.69) is 31.3 Å². The van der Waals surface area contributed by atoms with Crippen LogP contribution in [0.25, 0.3) is 0 Å². The minimum absolute atomic E-state index is 0.0188. The highest BCUT2D eigenvalue weighted by molar-refractivity contribution is 5.94. The first kappa shape index (κ1) is 19.0. The molecule has 0 fully saturated rings. The molecule has 0 spiro atoms. The van der Waals surface area contributed by atoms with Crippen molar-refractivity contribution in [3.05, 3.63) is 59.7 Å². The highest BCUT2D eigenvalue weighted by Crippen LogP contribution is 2.20. The van der Waals surface area contributed by atoms with E-state index in [1.165, 1.54) is 5.56 Å². The number of carbonyl (C=O) groups excluding carboxylic acids is 1. The summed E-state index contributed by atoms with van der Waals surface area (Å²) >= 11 is 0. The van der Waals surface area contributed by atoms with Crippen LogP contribution in [0.4, 0.5) is 5.69 Å². The maximum atomic E-state index is 12.5. The highest BCUT2D eigenvalue weighted by atomic mass is 16.5. The quantitative estimate of drug-likeness (QED) is 0.818. The molecule has 0 heterocycles. The van der Waals surface area contributed by atoms with Crippen LogP contribution in [0.3, 0.4) is 0 Å². The first-order valence-corrected chi connectivity index (χ1v) is 8.65. The lowest BCUT2D eigenvalue weighted by atomic mass is 10.0. The van der Waals surface area contributed by atoms with Crippen LogP contribution >= 0.6 is 0 Å². The summed E-state index contributed by atoms with van der Waals surface area (Å²) < 4.78 is 5.39. The summed E-state index contributed by atoms with van der Waals surface area (Å²) in [5.74, 6) is 1.30. The van der Waals surface area contributed by atoms with Crippen molar-refractivity contribution in [1.29, 1.82) is 0 Å². The van der Waals surface area contributed by atoms with Crippen LogP contribution in [-0.2, 0) is 11.3 Å². The molecule has 25 heavy (non-hydrogen) atoms.